The normalized spacial score (nSPS) is 15.4. The van der Waals surface area contributed by atoms with Gasteiger partial charge in [0.1, 0.15) is 11.9 Å². The van der Waals surface area contributed by atoms with Gasteiger partial charge >= 0.3 is 0 Å². The predicted molar refractivity (Wildman–Crippen MR) is 102 cm³/mol. The lowest BCUT2D eigenvalue weighted by Crippen LogP contribution is -2.42. The van der Waals surface area contributed by atoms with Gasteiger partial charge in [-0.25, -0.2) is 0 Å². The van der Waals surface area contributed by atoms with Gasteiger partial charge in [-0.3, -0.25) is 9.89 Å². The molecule has 1 N–H and O–H groups in total. The number of nitrogens with one attached hydrogen (secondary N) is 1. The fourth-order valence-electron chi connectivity index (χ4n) is 3.43. The Kier molecular flexibility index (Phi) is 4.37. The van der Waals surface area contributed by atoms with Crippen LogP contribution < -0.4 is 4.74 Å². The molecular weight excluding hydrogens is 326 g/mol. The van der Waals surface area contributed by atoms with Crippen LogP contribution in [0.15, 0.2) is 42.5 Å². The molecule has 5 heteroatoms. The number of ether oxygens (including phenoxy) is 1. The van der Waals surface area contributed by atoms with Crippen molar-refractivity contribution in [3.8, 4) is 5.75 Å². The van der Waals surface area contributed by atoms with Crippen LogP contribution in [-0.4, -0.2) is 40.2 Å². The maximum absolute atomic E-state index is 12.8. The summed E-state index contributed by atoms with van der Waals surface area (Å²) in [7, 11) is 0. The molecule has 0 saturated carbocycles. The van der Waals surface area contributed by atoms with Crippen molar-refractivity contribution in [1.82, 2.24) is 15.1 Å². The van der Waals surface area contributed by atoms with E-state index in [0.717, 1.165) is 29.5 Å². The first-order valence-corrected chi connectivity index (χ1v) is 9.08. The highest BCUT2D eigenvalue weighted by molar-refractivity contribution is 6.04. The number of H-pyrrole nitrogens is 1. The van der Waals surface area contributed by atoms with Gasteiger partial charge in [0.25, 0.3) is 5.91 Å². The number of fused-ring (bicyclic) bond motifs is 1. The largest absolute Gasteiger partial charge is 0.490 e. The highest BCUT2D eigenvalue weighted by Crippen LogP contribution is 2.23. The molecule has 5 nitrogen and oxygen atoms in total. The van der Waals surface area contributed by atoms with Gasteiger partial charge in [-0.05, 0) is 43.2 Å². The number of aryl methyl sites for hydroxylation is 2. The molecule has 2 heterocycles. The summed E-state index contributed by atoms with van der Waals surface area (Å²) < 4.78 is 6.12. The summed E-state index contributed by atoms with van der Waals surface area (Å²) in [6, 6.07) is 13.9. The van der Waals surface area contributed by atoms with Crippen LogP contribution in [0.3, 0.4) is 0 Å². The number of piperidine rings is 1. The Morgan fingerprint density at radius 3 is 2.65 bits per heavy atom. The summed E-state index contributed by atoms with van der Waals surface area (Å²) in [6.45, 7) is 5.57. The summed E-state index contributed by atoms with van der Waals surface area (Å²) in [4.78, 5) is 14.7. The Hall–Kier alpha value is -2.82. The molecule has 0 unspecified atom stereocenters. The van der Waals surface area contributed by atoms with E-state index in [0.29, 0.717) is 18.8 Å². The second-order valence-corrected chi connectivity index (χ2v) is 6.97. The van der Waals surface area contributed by atoms with Crippen molar-refractivity contribution in [1.29, 1.82) is 0 Å². The number of carbonyl (C=O) groups is 1. The Morgan fingerprint density at radius 2 is 1.88 bits per heavy atom. The van der Waals surface area contributed by atoms with Crippen LogP contribution in [-0.2, 0) is 0 Å². The SMILES string of the molecule is Cc1ccc(OC2CCN(C(=O)c3n[nH]c4ccccc34)CC2)cc1C. The molecule has 134 valence electrons. The molecule has 1 saturated heterocycles. The third-order valence-corrected chi connectivity index (χ3v) is 5.18. The van der Waals surface area contributed by atoms with Gasteiger partial charge in [-0.15, -0.1) is 0 Å². The molecule has 0 bridgehead atoms. The Morgan fingerprint density at radius 1 is 1.12 bits per heavy atom. The molecule has 1 amide bonds. The molecule has 0 atom stereocenters. The summed E-state index contributed by atoms with van der Waals surface area (Å²) >= 11 is 0. The third kappa shape index (κ3) is 3.17. The Labute approximate surface area is 153 Å². The van der Waals surface area contributed by atoms with Gasteiger partial charge in [-0.2, -0.15) is 5.10 Å². The summed E-state index contributed by atoms with van der Waals surface area (Å²) in [5.74, 6) is 0.906. The van der Waals surface area contributed by atoms with E-state index >= 15 is 0 Å². The highest BCUT2D eigenvalue weighted by atomic mass is 16.5. The first kappa shape index (κ1) is 16.6. The summed E-state index contributed by atoms with van der Waals surface area (Å²) in [5.41, 5.74) is 3.91. The van der Waals surface area contributed by atoms with E-state index in [-0.39, 0.29) is 12.0 Å². The van der Waals surface area contributed by atoms with Gasteiger partial charge in [0.15, 0.2) is 5.69 Å². The van der Waals surface area contributed by atoms with E-state index in [1.165, 1.54) is 11.1 Å². The van der Waals surface area contributed by atoms with Crippen molar-refractivity contribution in [3.05, 3.63) is 59.3 Å². The average Bonchev–Trinajstić information content (AvgIpc) is 3.09. The number of benzene rings is 2. The molecule has 0 spiro atoms. The molecule has 0 radical (unpaired) electrons. The molecule has 1 fully saturated rings. The smallest absolute Gasteiger partial charge is 0.274 e. The summed E-state index contributed by atoms with van der Waals surface area (Å²) in [5, 5.41) is 8.05. The van der Waals surface area contributed by atoms with E-state index in [9.17, 15) is 4.79 Å². The number of amides is 1. The second kappa shape index (κ2) is 6.83. The van der Waals surface area contributed by atoms with Crippen LogP contribution in [0.1, 0.15) is 34.5 Å². The fourth-order valence-corrected chi connectivity index (χ4v) is 3.43. The van der Waals surface area contributed by atoms with Crippen molar-refractivity contribution < 1.29 is 9.53 Å². The zero-order valence-electron chi connectivity index (χ0n) is 15.2. The molecule has 1 aromatic heterocycles. The Balaban J connectivity index is 1.40. The molecule has 3 aromatic rings. The third-order valence-electron chi connectivity index (χ3n) is 5.18. The number of likely N-dealkylation sites (tertiary alicyclic amines) is 1. The molecule has 0 aliphatic carbocycles. The lowest BCUT2D eigenvalue weighted by Gasteiger charge is -2.32. The predicted octanol–water partition coefficient (Wildman–Crippen LogP) is 3.86. The topological polar surface area (TPSA) is 58.2 Å². The first-order valence-electron chi connectivity index (χ1n) is 9.08. The fraction of sp³-hybridized carbons (Fsp3) is 0.333. The van der Waals surface area contributed by atoms with E-state index in [2.05, 4.69) is 36.2 Å². The maximum Gasteiger partial charge on any atom is 0.274 e. The number of aromatic amines is 1. The molecule has 4 rings (SSSR count). The van der Waals surface area contributed by atoms with Crippen LogP contribution in [0.5, 0.6) is 5.75 Å². The summed E-state index contributed by atoms with van der Waals surface area (Å²) in [6.07, 6.45) is 1.82. The zero-order valence-corrected chi connectivity index (χ0v) is 15.2. The van der Waals surface area contributed by atoms with Gasteiger partial charge in [-0.1, -0.05) is 24.3 Å². The molecule has 1 aliphatic heterocycles. The van der Waals surface area contributed by atoms with Crippen molar-refractivity contribution in [2.75, 3.05) is 13.1 Å². The van der Waals surface area contributed by atoms with Crippen LogP contribution in [0, 0.1) is 13.8 Å². The van der Waals surface area contributed by atoms with Crippen molar-refractivity contribution >= 4 is 16.8 Å². The number of aromatic nitrogens is 2. The van der Waals surface area contributed by atoms with E-state index in [1.807, 2.05) is 35.2 Å². The van der Waals surface area contributed by atoms with Crippen molar-refractivity contribution in [2.24, 2.45) is 0 Å². The second-order valence-electron chi connectivity index (χ2n) is 6.97. The minimum absolute atomic E-state index is 0.00733. The van der Waals surface area contributed by atoms with Crippen LogP contribution in [0.2, 0.25) is 0 Å². The van der Waals surface area contributed by atoms with Crippen molar-refractivity contribution in [2.45, 2.75) is 32.8 Å². The maximum atomic E-state index is 12.8. The Bertz CT molecular complexity index is 939. The average molecular weight is 349 g/mol. The van der Waals surface area contributed by atoms with E-state index < -0.39 is 0 Å². The number of nitrogens with zero attached hydrogens (tertiary/aromatic N) is 2. The van der Waals surface area contributed by atoms with Crippen LogP contribution in [0.25, 0.3) is 10.9 Å². The van der Waals surface area contributed by atoms with Crippen molar-refractivity contribution in [3.63, 3.8) is 0 Å². The number of carbonyl (C=O) groups excluding carboxylic acids is 1. The quantitative estimate of drug-likeness (QED) is 0.781. The minimum atomic E-state index is -0.00733. The van der Waals surface area contributed by atoms with Gasteiger partial charge in [0, 0.05) is 31.3 Å². The number of hydrogen-bond donors (Lipinski definition) is 1. The monoisotopic (exact) mass is 349 g/mol. The first-order chi connectivity index (χ1) is 12.6. The molecule has 1 aliphatic rings. The van der Waals surface area contributed by atoms with Crippen LogP contribution >= 0.6 is 0 Å². The highest BCUT2D eigenvalue weighted by Gasteiger charge is 2.27. The van der Waals surface area contributed by atoms with Crippen LogP contribution in [0.4, 0.5) is 0 Å². The lowest BCUT2D eigenvalue weighted by atomic mass is 10.1. The van der Waals surface area contributed by atoms with E-state index in [4.69, 9.17) is 4.74 Å². The molecule has 26 heavy (non-hydrogen) atoms. The minimum Gasteiger partial charge on any atom is -0.490 e. The van der Waals surface area contributed by atoms with Gasteiger partial charge in [0.05, 0.1) is 5.52 Å². The molecule has 2 aromatic carbocycles. The van der Waals surface area contributed by atoms with Gasteiger partial charge < -0.3 is 9.64 Å². The molecular formula is C21H23N3O2. The lowest BCUT2D eigenvalue weighted by molar-refractivity contribution is 0.0592. The number of rotatable bonds is 3. The number of para-hydroxylation sites is 1. The standard InChI is InChI=1S/C21H23N3O2/c1-14-7-8-17(13-15(14)2)26-16-9-11-24(12-10-16)21(25)20-18-5-3-4-6-19(18)22-23-20/h3-8,13,16H,9-12H2,1-2H3,(H,22,23). The van der Waals surface area contributed by atoms with Gasteiger partial charge in [0.2, 0.25) is 0 Å². The van der Waals surface area contributed by atoms with E-state index in [1.54, 1.807) is 0 Å². The number of hydrogen-bond acceptors (Lipinski definition) is 3. The zero-order chi connectivity index (χ0) is 18.1.